The molecule has 3 heterocycles. The third-order valence-corrected chi connectivity index (χ3v) is 6.15. The highest BCUT2D eigenvalue weighted by Crippen LogP contribution is 2.49. The number of aromatic nitrogens is 3. The van der Waals surface area contributed by atoms with Gasteiger partial charge in [-0.25, -0.2) is 5.10 Å². The normalized spacial score (nSPS) is 21.9. The molecule has 1 aromatic heterocycles. The Bertz CT molecular complexity index is 861. The summed E-state index contributed by atoms with van der Waals surface area (Å²) in [6.45, 7) is 2.49. The maximum absolute atomic E-state index is 12.8. The van der Waals surface area contributed by atoms with E-state index in [2.05, 4.69) is 37.2 Å². The lowest BCUT2D eigenvalue weighted by molar-refractivity contribution is -0.122. The highest BCUT2D eigenvalue weighted by atomic mass is 32.2. The first kappa shape index (κ1) is 15.3. The van der Waals surface area contributed by atoms with Gasteiger partial charge in [0.05, 0.1) is 10.7 Å². The summed E-state index contributed by atoms with van der Waals surface area (Å²) in [5.41, 5.74) is 1.11. The monoisotopic (exact) mass is 358 g/mol. The Hall–Kier alpha value is -2.26. The molecular formula is C15H14N6OS2. The van der Waals surface area contributed by atoms with Gasteiger partial charge < -0.3 is 4.90 Å². The molecule has 2 aromatic rings. The van der Waals surface area contributed by atoms with Crippen LogP contribution >= 0.6 is 23.5 Å². The first-order valence-corrected chi connectivity index (χ1v) is 9.01. The molecule has 4 rings (SSSR count). The van der Waals surface area contributed by atoms with Crippen LogP contribution in [0.2, 0.25) is 0 Å². The standard InChI is InChI=1S/C15H14N6OS2/c1-3-21-12(22)11(24-15(21)18-14-16-8-17-19-14)13-20(2)9-6-4-5-7-10(9)23-13/h4-8H,3H2,1-2H3,(H,16,17,19). The van der Waals surface area contributed by atoms with Crippen molar-refractivity contribution in [3.8, 4) is 0 Å². The molecule has 1 aromatic carbocycles. The van der Waals surface area contributed by atoms with Crippen LogP contribution in [0, 0.1) is 0 Å². The predicted molar refractivity (Wildman–Crippen MR) is 96.2 cm³/mol. The van der Waals surface area contributed by atoms with Crippen LogP contribution in [0.25, 0.3) is 0 Å². The fourth-order valence-electron chi connectivity index (χ4n) is 2.54. The molecule has 1 saturated heterocycles. The van der Waals surface area contributed by atoms with Gasteiger partial charge in [0.25, 0.3) is 5.91 Å². The van der Waals surface area contributed by atoms with Crippen molar-refractivity contribution in [3.63, 3.8) is 0 Å². The Balaban J connectivity index is 1.74. The highest BCUT2D eigenvalue weighted by Gasteiger charge is 2.38. The Morgan fingerprint density at radius 2 is 2.12 bits per heavy atom. The molecule has 0 saturated carbocycles. The van der Waals surface area contributed by atoms with E-state index in [1.165, 1.54) is 18.1 Å². The van der Waals surface area contributed by atoms with Gasteiger partial charge in [0.15, 0.2) is 5.17 Å². The van der Waals surface area contributed by atoms with E-state index in [-0.39, 0.29) is 5.91 Å². The van der Waals surface area contributed by atoms with Crippen molar-refractivity contribution in [2.24, 2.45) is 4.99 Å². The number of rotatable bonds is 2. The van der Waals surface area contributed by atoms with Crippen LogP contribution in [0.15, 0.2) is 50.4 Å². The first-order valence-electron chi connectivity index (χ1n) is 7.37. The molecule has 9 heteroatoms. The van der Waals surface area contributed by atoms with Gasteiger partial charge in [0.2, 0.25) is 5.95 Å². The third kappa shape index (κ3) is 2.40. The number of anilines is 1. The van der Waals surface area contributed by atoms with Crippen molar-refractivity contribution in [1.82, 2.24) is 20.1 Å². The molecule has 0 aliphatic carbocycles. The number of benzene rings is 1. The maximum Gasteiger partial charge on any atom is 0.269 e. The third-order valence-electron chi connectivity index (χ3n) is 3.72. The van der Waals surface area contributed by atoms with Gasteiger partial charge in [-0.3, -0.25) is 9.69 Å². The molecule has 0 atom stereocenters. The summed E-state index contributed by atoms with van der Waals surface area (Å²) in [6, 6.07) is 8.13. The van der Waals surface area contributed by atoms with Crippen LogP contribution in [-0.2, 0) is 4.79 Å². The van der Waals surface area contributed by atoms with Crippen molar-refractivity contribution in [2.75, 3.05) is 18.5 Å². The van der Waals surface area contributed by atoms with E-state index < -0.39 is 0 Å². The number of para-hydroxylation sites is 1. The number of nitrogens with one attached hydrogen (secondary N) is 1. The largest absolute Gasteiger partial charge is 0.337 e. The SMILES string of the molecule is CCN1C(=O)C(=C2Sc3ccccc3N2C)SC1=Nc1ncn[nH]1. The summed E-state index contributed by atoms with van der Waals surface area (Å²) < 4.78 is 0. The number of likely N-dealkylation sites (N-methyl/N-ethyl adjacent to an activating group) is 1. The second-order valence-corrected chi connectivity index (χ2v) is 7.13. The predicted octanol–water partition coefficient (Wildman–Crippen LogP) is 2.80. The van der Waals surface area contributed by atoms with Gasteiger partial charge in [0.1, 0.15) is 11.2 Å². The zero-order valence-corrected chi connectivity index (χ0v) is 14.7. The van der Waals surface area contributed by atoms with Gasteiger partial charge in [-0.1, -0.05) is 23.9 Å². The fraction of sp³-hybridized carbons (Fsp3) is 0.200. The number of carbonyl (C=O) groups excluding carboxylic acids is 1. The molecule has 2 aliphatic heterocycles. The molecule has 0 unspecified atom stereocenters. The summed E-state index contributed by atoms with van der Waals surface area (Å²) in [4.78, 5) is 26.8. The van der Waals surface area contributed by atoms with Crippen LogP contribution in [0.4, 0.5) is 11.6 Å². The molecule has 24 heavy (non-hydrogen) atoms. The Morgan fingerprint density at radius 3 is 2.83 bits per heavy atom. The second kappa shape index (κ2) is 5.99. The number of H-pyrrole nitrogens is 1. The van der Waals surface area contributed by atoms with Crippen LogP contribution < -0.4 is 4.90 Å². The van der Waals surface area contributed by atoms with Crippen molar-refractivity contribution in [2.45, 2.75) is 11.8 Å². The van der Waals surface area contributed by atoms with Gasteiger partial charge >= 0.3 is 0 Å². The van der Waals surface area contributed by atoms with Gasteiger partial charge in [-0.2, -0.15) is 15.1 Å². The number of amidine groups is 1. The fourth-order valence-corrected chi connectivity index (χ4v) is 4.93. The van der Waals surface area contributed by atoms with E-state index in [1.807, 2.05) is 26.1 Å². The minimum Gasteiger partial charge on any atom is -0.337 e. The molecule has 0 bridgehead atoms. The van der Waals surface area contributed by atoms with Gasteiger partial charge in [0, 0.05) is 18.5 Å². The summed E-state index contributed by atoms with van der Waals surface area (Å²) in [6.07, 6.45) is 1.40. The van der Waals surface area contributed by atoms with Gasteiger partial charge in [-0.05, 0) is 30.8 Å². The van der Waals surface area contributed by atoms with Crippen molar-refractivity contribution >= 4 is 46.2 Å². The molecule has 1 amide bonds. The number of hydrogen-bond acceptors (Lipinski definition) is 7. The summed E-state index contributed by atoms with van der Waals surface area (Å²) >= 11 is 2.99. The Labute approximate surface area is 147 Å². The molecular weight excluding hydrogens is 344 g/mol. The lowest BCUT2D eigenvalue weighted by atomic mass is 10.3. The lowest BCUT2D eigenvalue weighted by Gasteiger charge is -2.15. The Morgan fingerprint density at radius 1 is 1.29 bits per heavy atom. The van der Waals surface area contributed by atoms with Crippen LogP contribution in [0.3, 0.4) is 0 Å². The minimum atomic E-state index is -0.0251. The Kier molecular flexibility index (Phi) is 3.81. The molecule has 0 spiro atoms. The summed E-state index contributed by atoms with van der Waals surface area (Å²) in [7, 11) is 1.98. The van der Waals surface area contributed by atoms with E-state index in [9.17, 15) is 4.79 Å². The average molecular weight is 358 g/mol. The number of carbonyl (C=O) groups is 1. The number of aromatic amines is 1. The number of fused-ring (bicyclic) bond motifs is 1. The highest BCUT2D eigenvalue weighted by molar-refractivity contribution is 8.19. The van der Waals surface area contributed by atoms with E-state index in [0.717, 1.165) is 15.6 Å². The first-order chi connectivity index (χ1) is 11.7. The maximum atomic E-state index is 12.8. The molecule has 1 N–H and O–H groups in total. The number of aliphatic imine (C=N–C) groups is 1. The minimum absolute atomic E-state index is 0.0251. The molecule has 7 nitrogen and oxygen atoms in total. The molecule has 122 valence electrons. The molecule has 2 aliphatic rings. The lowest BCUT2D eigenvalue weighted by Crippen LogP contribution is -2.29. The molecule has 1 fully saturated rings. The molecule has 0 radical (unpaired) electrons. The number of thioether (sulfide) groups is 2. The van der Waals surface area contributed by atoms with E-state index in [4.69, 9.17) is 0 Å². The second-order valence-electron chi connectivity index (χ2n) is 5.12. The topological polar surface area (TPSA) is 77.5 Å². The van der Waals surface area contributed by atoms with Crippen LogP contribution in [0.1, 0.15) is 6.92 Å². The van der Waals surface area contributed by atoms with Crippen molar-refractivity contribution in [3.05, 3.63) is 40.5 Å². The zero-order chi connectivity index (χ0) is 16.7. The average Bonchev–Trinajstić information content (AvgIpc) is 3.28. The van der Waals surface area contributed by atoms with Crippen molar-refractivity contribution < 1.29 is 4.79 Å². The van der Waals surface area contributed by atoms with E-state index >= 15 is 0 Å². The number of nitrogens with zero attached hydrogens (tertiary/aromatic N) is 5. The number of amides is 1. The summed E-state index contributed by atoms with van der Waals surface area (Å²) in [5.74, 6) is 0.369. The van der Waals surface area contributed by atoms with Crippen molar-refractivity contribution in [1.29, 1.82) is 0 Å². The zero-order valence-electron chi connectivity index (χ0n) is 13.1. The smallest absolute Gasteiger partial charge is 0.269 e. The van der Waals surface area contributed by atoms with E-state index in [0.29, 0.717) is 22.6 Å². The quantitative estimate of drug-likeness (QED) is 0.832. The van der Waals surface area contributed by atoms with Gasteiger partial charge in [-0.15, -0.1) is 0 Å². The summed E-state index contributed by atoms with van der Waals surface area (Å²) in [5, 5.41) is 8.04. The van der Waals surface area contributed by atoms with E-state index in [1.54, 1.807) is 16.7 Å². The number of hydrogen-bond donors (Lipinski definition) is 1. The van der Waals surface area contributed by atoms with Crippen LogP contribution in [-0.4, -0.2) is 44.7 Å². The van der Waals surface area contributed by atoms with Crippen LogP contribution in [0.5, 0.6) is 0 Å².